The molecule has 2 aliphatic carbocycles. The number of likely N-dealkylation sites (tertiary alicyclic amines) is 1. The minimum atomic E-state index is -0.805. The number of hydrogen-bond donors (Lipinski definition) is 1. The van der Waals surface area contributed by atoms with Crippen LogP contribution in [0.1, 0.15) is 26.2 Å². The first-order valence-electron chi connectivity index (χ1n) is 7.28. The number of carboxylic acid groups (broad SMARTS) is 1. The lowest BCUT2D eigenvalue weighted by molar-refractivity contribution is -0.151. The summed E-state index contributed by atoms with van der Waals surface area (Å²) in [5, 5.41) is 9.39. The number of carboxylic acids is 1. The Hall–Kier alpha value is -1.32. The molecule has 4 unspecified atom stereocenters. The van der Waals surface area contributed by atoms with Gasteiger partial charge in [-0.15, -0.1) is 0 Å². The van der Waals surface area contributed by atoms with Crippen molar-refractivity contribution < 1.29 is 14.7 Å². The van der Waals surface area contributed by atoms with E-state index in [0.717, 1.165) is 32.4 Å². The minimum absolute atomic E-state index is 0.0696. The number of amides is 1. The summed E-state index contributed by atoms with van der Waals surface area (Å²) in [4.78, 5) is 26.0. The highest BCUT2D eigenvalue weighted by atomic mass is 16.4. The highest BCUT2D eigenvalue weighted by Crippen LogP contribution is 2.49. The van der Waals surface area contributed by atoms with Gasteiger partial charge in [0.25, 0.3) is 0 Å². The van der Waals surface area contributed by atoms with Crippen LogP contribution >= 0.6 is 0 Å². The van der Waals surface area contributed by atoms with Crippen molar-refractivity contribution in [2.24, 2.45) is 29.6 Å². The molecule has 1 saturated carbocycles. The molecule has 0 spiro atoms. The smallest absolute Gasteiger partial charge is 0.307 e. The third kappa shape index (κ3) is 2.07. The molecule has 1 amide bonds. The lowest BCUT2D eigenvalue weighted by atomic mass is 9.81. The van der Waals surface area contributed by atoms with Gasteiger partial charge in [-0.3, -0.25) is 9.59 Å². The number of rotatable bonds is 2. The van der Waals surface area contributed by atoms with Gasteiger partial charge in [-0.1, -0.05) is 19.1 Å². The number of piperidine rings is 1. The number of hydrogen-bond acceptors (Lipinski definition) is 2. The third-order valence-corrected chi connectivity index (χ3v) is 5.12. The molecule has 19 heavy (non-hydrogen) atoms. The molecule has 0 aromatic carbocycles. The summed E-state index contributed by atoms with van der Waals surface area (Å²) in [6, 6.07) is 0. The first-order valence-corrected chi connectivity index (χ1v) is 7.28. The number of carbonyl (C=O) groups is 2. The number of aliphatic carboxylic acids is 1. The summed E-state index contributed by atoms with van der Waals surface area (Å²) >= 11 is 0. The molecule has 104 valence electrons. The number of carbonyl (C=O) groups excluding carboxylic acids is 1. The van der Waals surface area contributed by atoms with Crippen LogP contribution in [0.5, 0.6) is 0 Å². The zero-order chi connectivity index (χ0) is 13.6. The predicted octanol–water partition coefficient (Wildman–Crippen LogP) is 1.77. The van der Waals surface area contributed by atoms with Crippen LogP contribution in [0.4, 0.5) is 0 Å². The van der Waals surface area contributed by atoms with Gasteiger partial charge in [0.15, 0.2) is 0 Å². The SMILES string of the molecule is CC1CCN(C(=O)C2C3C=CC(C3)C2C(=O)O)CC1. The van der Waals surface area contributed by atoms with Gasteiger partial charge >= 0.3 is 5.97 Å². The van der Waals surface area contributed by atoms with Crippen molar-refractivity contribution in [2.75, 3.05) is 13.1 Å². The second-order valence-corrected chi connectivity index (χ2v) is 6.35. The van der Waals surface area contributed by atoms with E-state index in [1.54, 1.807) is 0 Å². The van der Waals surface area contributed by atoms with Gasteiger partial charge in [-0.05, 0) is 37.0 Å². The second-order valence-electron chi connectivity index (χ2n) is 6.35. The topological polar surface area (TPSA) is 57.6 Å². The fourth-order valence-corrected chi connectivity index (χ4v) is 3.94. The Bertz CT molecular complexity index is 423. The van der Waals surface area contributed by atoms with Crippen LogP contribution in [0.3, 0.4) is 0 Å². The first kappa shape index (κ1) is 12.7. The zero-order valence-electron chi connectivity index (χ0n) is 11.3. The Morgan fingerprint density at radius 2 is 1.68 bits per heavy atom. The van der Waals surface area contributed by atoms with Crippen LogP contribution < -0.4 is 0 Å². The maximum atomic E-state index is 12.6. The molecular formula is C15H21NO3. The fraction of sp³-hybridized carbons (Fsp3) is 0.733. The molecule has 4 nitrogen and oxygen atoms in total. The summed E-state index contributed by atoms with van der Waals surface area (Å²) in [5.74, 6) is -0.642. The number of fused-ring (bicyclic) bond motifs is 2. The molecule has 1 saturated heterocycles. The van der Waals surface area contributed by atoms with Crippen LogP contribution in [-0.4, -0.2) is 35.0 Å². The summed E-state index contributed by atoms with van der Waals surface area (Å²) in [7, 11) is 0. The summed E-state index contributed by atoms with van der Waals surface area (Å²) in [6.45, 7) is 3.80. The van der Waals surface area contributed by atoms with Crippen molar-refractivity contribution in [2.45, 2.75) is 26.2 Å². The van der Waals surface area contributed by atoms with E-state index in [9.17, 15) is 14.7 Å². The lowest BCUT2D eigenvalue weighted by Gasteiger charge is -2.35. The maximum Gasteiger partial charge on any atom is 0.307 e. The Morgan fingerprint density at radius 3 is 2.26 bits per heavy atom. The van der Waals surface area contributed by atoms with Crippen LogP contribution in [0, 0.1) is 29.6 Å². The van der Waals surface area contributed by atoms with Crippen molar-refractivity contribution in [3.8, 4) is 0 Å². The van der Waals surface area contributed by atoms with E-state index in [4.69, 9.17) is 0 Å². The van der Waals surface area contributed by atoms with Gasteiger partial charge in [0.05, 0.1) is 11.8 Å². The third-order valence-electron chi connectivity index (χ3n) is 5.12. The molecule has 2 bridgehead atoms. The van der Waals surface area contributed by atoms with Crippen molar-refractivity contribution in [1.82, 2.24) is 4.90 Å². The summed E-state index contributed by atoms with van der Waals surface area (Å²) < 4.78 is 0. The largest absolute Gasteiger partial charge is 0.481 e. The van der Waals surface area contributed by atoms with Crippen LogP contribution in [0.15, 0.2) is 12.2 Å². The molecule has 3 aliphatic rings. The van der Waals surface area contributed by atoms with Crippen LogP contribution in [0.2, 0.25) is 0 Å². The first-order chi connectivity index (χ1) is 9.08. The molecule has 0 radical (unpaired) electrons. The molecule has 3 rings (SSSR count). The van der Waals surface area contributed by atoms with Gasteiger partial charge in [-0.25, -0.2) is 0 Å². The monoisotopic (exact) mass is 263 g/mol. The molecule has 4 heteroatoms. The van der Waals surface area contributed by atoms with Gasteiger partial charge in [-0.2, -0.15) is 0 Å². The van der Waals surface area contributed by atoms with Crippen LogP contribution in [-0.2, 0) is 9.59 Å². The zero-order valence-corrected chi connectivity index (χ0v) is 11.3. The van der Waals surface area contributed by atoms with Crippen molar-refractivity contribution in [1.29, 1.82) is 0 Å². The van der Waals surface area contributed by atoms with E-state index >= 15 is 0 Å². The maximum absolute atomic E-state index is 12.6. The lowest BCUT2D eigenvalue weighted by Crippen LogP contribution is -2.45. The number of allylic oxidation sites excluding steroid dienone is 2. The Labute approximate surface area is 113 Å². The second kappa shape index (κ2) is 4.66. The van der Waals surface area contributed by atoms with Crippen molar-refractivity contribution in [3.05, 3.63) is 12.2 Å². The van der Waals surface area contributed by atoms with Gasteiger partial charge in [0.1, 0.15) is 0 Å². The summed E-state index contributed by atoms with van der Waals surface area (Å²) in [6.07, 6.45) is 6.97. The molecule has 2 fully saturated rings. The molecule has 0 aromatic heterocycles. The highest BCUT2D eigenvalue weighted by molar-refractivity contribution is 5.87. The fourth-order valence-electron chi connectivity index (χ4n) is 3.94. The molecule has 1 heterocycles. The van der Waals surface area contributed by atoms with E-state index < -0.39 is 11.9 Å². The standard InChI is InChI=1S/C15H21NO3/c1-9-4-6-16(7-5-9)14(17)12-10-2-3-11(8-10)13(12)15(18)19/h2-3,9-13H,4-8H2,1H3,(H,18,19). The summed E-state index contributed by atoms with van der Waals surface area (Å²) in [5.41, 5.74) is 0. The average molecular weight is 263 g/mol. The average Bonchev–Trinajstić information content (AvgIpc) is 2.98. The van der Waals surface area contributed by atoms with Crippen LogP contribution in [0.25, 0.3) is 0 Å². The Morgan fingerprint density at radius 1 is 1.11 bits per heavy atom. The van der Waals surface area contributed by atoms with E-state index in [1.807, 2.05) is 11.0 Å². The van der Waals surface area contributed by atoms with E-state index in [-0.39, 0.29) is 23.7 Å². The van der Waals surface area contributed by atoms with Crippen molar-refractivity contribution >= 4 is 11.9 Å². The number of nitrogens with zero attached hydrogens (tertiary/aromatic N) is 1. The normalized spacial score (nSPS) is 37.8. The quantitative estimate of drug-likeness (QED) is 0.772. The molecule has 4 atom stereocenters. The molecular weight excluding hydrogens is 242 g/mol. The molecule has 1 N–H and O–H groups in total. The minimum Gasteiger partial charge on any atom is -0.481 e. The van der Waals surface area contributed by atoms with Crippen molar-refractivity contribution in [3.63, 3.8) is 0 Å². The van der Waals surface area contributed by atoms with E-state index in [2.05, 4.69) is 13.0 Å². The Kier molecular flexibility index (Phi) is 3.11. The van der Waals surface area contributed by atoms with E-state index in [0.29, 0.717) is 5.92 Å². The van der Waals surface area contributed by atoms with E-state index in [1.165, 1.54) is 0 Å². The van der Waals surface area contributed by atoms with Gasteiger partial charge in [0, 0.05) is 13.1 Å². The predicted molar refractivity (Wildman–Crippen MR) is 70.3 cm³/mol. The Balaban J connectivity index is 1.75. The van der Waals surface area contributed by atoms with Gasteiger partial charge < -0.3 is 10.0 Å². The molecule has 0 aromatic rings. The van der Waals surface area contributed by atoms with Gasteiger partial charge in [0.2, 0.25) is 5.91 Å². The molecule has 1 aliphatic heterocycles. The highest BCUT2D eigenvalue weighted by Gasteiger charge is 2.52.